The summed E-state index contributed by atoms with van der Waals surface area (Å²) in [6.07, 6.45) is 0.815. The van der Waals surface area contributed by atoms with Crippen molar-refractivity contribution in [3.8, 4) is 5.75 Å². The van der Waals surface area contributed by atoms with E-state index in [0.29, 0.717) is 69.4 Å². The maximum atomic E-state index is 14.6. The minimum Gasteiger partial charge on any atom is -0.484 e. The van der Waals surface area contributed by atoms with Crippen LogP contribution in [-0.4, -0.2) is 62.8 Å². The fourth-order valence-electron chi connectivity index (χ4n) is 4.12. The first-order valence-corrected chi connectivity index (χ1v) is 10.8. The zero-order valence-electron chi connectivity index (χ0n) is 17.8. The van der Waals surface area contributed by atoms with Crippen LogP contribution < -0.4 is 10.1 Å². The molecule has 32 heavy (non-hydrogen) atoms. The number of carbonyl (C=O) groups is 2. The largest absolute Gasteiger partial charge is 0.484 e. The summed E-state index contributed by atoms with van der Waals surface area (Å²) in [5.41, 5.74) is -0.0185. The van der Waals surface area contributed by atoms with Crippen molar-refractivity contribution in [2.24, 2.45) is 0 Å². The highest BCUT2D eigenvalue weighted by Crippen LogP contribution is 2.37. The molecule has 4 rings (SSSR count). The molecule has 2 aliphatic heterocycles. The van der Waals surface area contributed by atoms with Crippen molar-refractivity contribution in [3.05, 3.63) is 59.9 Å². The number of ether oxygens (including phenoxy) is 3. The number of hydrogen-bond acceptors (Lipinski definition) is 5. The average Bonchev–Trinajstić information content (AvgIpc) is 2.84. The van der Waals surface area contributed by atoms with Gasteiger partial charge in [-0.3, -0.25) is 9.59 Å². The minimum absolute atomic E-state index is 0.0535. The van der Waals surface area contributed by atoms with Gasteiger partial charge in [0.1, 0.15) is 11.6 Å². The summed E-state index contributed by atoms with van der Waals surface area (Å²) in [6, 6.07) is 13.2. The minimum atomic E-state index is -0.983. The number of carbonyl (C=O) groups excluding carboxylic acids is 2. The van der Waals surface area contributed by atoms with Gasteiger partial charge in [-0.1, -0.05) is 18.2 Å². The van der Waals surface area contributed by atoms with E-state index < -0.39 is 11.2 Å². The Bertz CT molecular complexity index is 938. The molecule has 0 saturated carbocycles. The van der Waals surface area contributed by atoms with Gasteiger partial charge < -0.3 is 24.4 Å². The zero-order chi connectivity index (χ0) is 22.4. The number of morpholine rings is 1. The lowest BCUT2D eigenvalue weighted by atomic mass is 9.73. The fourth-order valence-corrected chi connectivity index (χ4v) is 4.12. The van der Waals surface area contributed by atoms with Gasteiger partial charge in [-0.15, -0.1) is 0 Å². The van der Waals surface area contributed by atoms with Crippen LogP contribution >= 0.6 is 0 Å². The predicted octanol–water partition coefficient (Wildman–Crippen LogP) is 2.75. The Labute approximate surface area is 186 Å². The van der Waals surface area contributed by atoms with Gasteiger partial charge in [-0.05, 0) is 43.2 Å². The van der Waals surface area contributed by atoms with Crippen LogP contribution in [0.4, 0.5) is 10.1 Å². The molecule has 2 aliphatic rings. The Morgan fingerprint density at radius 1 is 0.969 bits per heavy atom. The van der Waals surface area contributed by atoms with E-state index in [2.05, 4.69) is 5.32 Å². The van der Waals surface area contributed by atoms with E-state index >= 15 is 0 Å². The van der Waals surface area contributed by atoms with E-state index in [1.54, 1.807) is 47.4 Å². The summed E-state index contributed by atoms with van der Waals surface area (Å²) in [4.78, 5) is 27.2. The first-order valence-electron chi connectivity index (χ1n) is 10.8. The normalized spacial score (nSPS) is 18.1. The molecule has 2 amide bonds. The van der Waals surface area contributed by atoms with E-state index in [1.807, 2.05) is 0 Å². The summed E-state index contributed by atoms with van der Waals surface area (Å²) in [6.45, 7) is 2.96. The predicted molar refractivity (Wildman–Crippen MR) is 116 cm³/mol. The molecule has 2 fully saturated rings. The molecule has 0 unspecified atom stereocenters. The molecule has 0 atom stereocenters. The number of hydrogen-bond donors (Lipinski definition) is 1. The Kier molecular flexibility index (Phi) is 7.02. The van der Waals surface area contributed by atoms with Crippen molar-refractivity contribution < 1.29 is 28.2 Å². The number of halogens is 1. The summed E-state index contributed by atoms with van der Waals surface area (Å²) in [5, 5.41) is 2.92. The Hall–Kier alpha value is -2.97. The molecular formula is C24H27FN2O5. The van der Waals surface area contributed by atoms with Crippen LogP contribution in [0, 0.1) is 5.82 Å². The highest BCUT2D eigenvalue weighted by atomic mass is 19.1. The fraction of sp³-hybridized carbons (Fsp3) is 0.417. The third kappa shape index (κ3) is 4.92. The average molecular weight is 442 g/mol. The molecule has 8 heteroatoms. The second-order valence-electron chi connectivity index (χ2n) is 7.93. The molecule has 170 valence electrons. The van der Waals surface area contributed by atoms with Gasteiger partial charge >= 0.3 is 0 Å². The molecular weight excluding hydrogens is 415 g/mol. The molecule has 0 aromatic heterocycles. The Balaban J connectivity index is 1.40. The molecule has 7 nitrogen and oxygen atoms in total. The second-order valence-corrected chi connectivity index (χ2v) is 7.93. The molecule has 1 N–H and O–H groups in total. The maximum Gasteiger partial charge on any atom is 0.260 e. The molecule has 0 bridgehead atoms. The lowest BCUT2D eigenvalue weighted by molar-refractivity contribution is -0.137. The van der Waals surface area contributed by atoms with Crippen LogP contribution in [0.1, 0.15) is 18.4 Å². The SMILES string of the molecule is O=C(COc1ccc(NC(=O)C2(c3ccccc3F)CCOCC2)cc1)N1CCOCC1. The smallest absolute Gasteiger partial charge is 0.260 e. The molecule has 2 aromatic rings. The number of rotatable bonds is 6. The van der Waals surface area contributed by atoms with Crippen LogP contribution in [0.5, 0.6) is 5.75 Å². The summed E-state index contributed by atoms with van der Waals surface area (Å²) >= 11 is 0. The number of anilines is 1. The molecule has 0 aliphatic carbocycles. The van der Waals surface area contributed by atoms with Crippen LogP contribution in [0.3, 0.4) is 0 Å². The second kappa shape index (κ2) is 10.1. The first-order chi connectivity index (χ1) is 15.6. The zero-order valence-corrected chi connectivity index (χ0v) is 17.8. The summed E-state index contributed by atoms with van der Waals surface area (Å²) in [5.74, 6) is -0.211. The standard InChI is InChI=1S/C24H27FN2O5/c25-21-4-2-1-3-20(21)24(9-13-30-14-10-24)23(29)26-18-5-7-19(8-6-18)32-17-22(28)27-11-15-31-16-12-27/h1-8H,9-17H2,(H,26,29). The van der Waals surface area contributed by atoms with Crippen LogP contribution in [-0.2, 0) is 24.5 Å². The first kappa shape index (κ1) is 22.2. The topological polar surface area (TPSA) is 77.1 Å². The highest BCUT2D eigenvalue weighted by Gasteiger charge is 2.43. The molecule has 2 aromatic carbocycles. The van der Waals surface area contributed by atoms with E-state index in [9.17, 15) is 14.0 Å². The lowest BCUT2D eigenvalue weighted by Crippen LogP contribution is -2.45. The van der Waals surface area contributed by atoms with Gasteiger partial charge in [-0.2, -0.15) is 0 Å². The van der Waals surface area contributed by atoms with Gasteiger partial charge in [0.15, 0.2) is 6.61 Å². The van der Waals surface area contributed by atoms with E-state index in [1.165, 1.54) is 6.07 Å². The monoisotopic (exact) mass is 442 g/mol. The molecule has 0 spiro atoms. The number of benzene rings is 2. The van der Waals surface area contributed by atoms with Crippen molar-refractivity contribution in [2.75, 3.05) is 51.4 Å². The van der Waals surface area contributed by atoms with E-state index in [0.717, 1.165) is 0 Å². The van der Waals surface area contributed by atoms with Crippen LogP contribution in [0.15, 0.2) is 48.5 Å². The molecule has 2 saturated heterocycles. The van der Waals surface area contributed by atoms with E-state index in [-0.39, 0.29) is 18.4 Å². The number of nitrogens with one attached hydrogen (secondary N) is 1. The molecule has 0 radical (unpaired) electrons. The van der Waals surface area contributed by atoms with E-state index in [4.69, 9.17) is 14.2 Å². The summed E-state index contributed by atoms with van der Waals surface area (Å²) in [7, 11) is 0. The van der Waals surface area contributed by atoms with Crippen LogP contribution in [0.2, 0.25) is 0 Å². The third-order valence-electron chi connectivity index (χ3n) is 6.01. The van der Waals surface area contributed by atoms with Crippen molar-refractivity contribution >= 4 is 17.5 Å². The Morgan fingerprint density at radius 2 is 1.62 bits per heavy atom. The van der Waals surface area contributed by atoms with Crippen molar-refractivity contribution in [1.29, 1.82) is 0 Å². The van der Waals surface area contributed by atoms with Gasteiger partial charge in [0.2, 0.25) is 5.91 Å². The maximum absolute atomic E-state index is 14.6. The summed E-state index contributed by atoms with van der Waals surface area (Å²) < 4.78 is 30.9. The van der Waals surface area contributed by atoms with Crippen molar-refractivity contribution in [2.45, 2.75) is 18.3 Å². The lowest BCUT2D eigenvalue weighted by Gasteiger charge is -2.36. The number of amides is 2. The van der Waals surface area contributed by atoms with Gasteiger partial charge in [0, 0.05) is 37.6 Å². The quantitative estimate of drug-likeness (QED) is 0.745. The third-order valence-corrected chi connectivity index (χ3v) is 6.01. The van der Waals surface area contributed by atoms with Crippen molar-refractivity contribution in [1.82, 2.24) is 4.90 Å². The van der Waals surface area contributed by atoms with Crippen molar-refractivity contribution in [3.63, 3.8) is 0 Å². The van der Waals surface area contributed by atoms with Crippen LogP contribution in [0.25, 0.3) is 0 Å². The molecule has 2 heterocycles. The van der Waals surface area contributed by atoms with Gasteiger partial charge in [0.25, 0.3) is 5.91 Å². The Morgan fingerprint density at radius 3 is 2.31 bits per heavy atom. The highest BCUT2D eigenvalue weighted by molar-refractivity contribution is 5.99. The number of nitrogens with zero attached hydrogens (tertiary/aromatic N) is 1. The van der Waals surface area contributed by atoms with Gasteiger partial charge in [-0.25, -0.2) is 4.39 Å². The van der Waals surface area contributed by atoms with Gasteiger partial charge in [0.05, 0.1) is 18.6 Å².